The van der Waals surface area contributed by atoms with Crippen LogP contribution in [0.2, 0.25) is 0 Å². The van der Waals surface area contributed by atoms with Crippen LogP contribution in [0.25, 0.3) is 0 Å². The Balaban J connectivity index is 1.69. The lowest BCUT2D eigenvalue weighted by molar-refractivity contribution is 0.0779. The minimum absolute atomic E-state index is 0.203. The van der Waals surface area contributed by atoms with Gasteiger partial charge in [0.1, 0.15) is 17.6 Å². The first-order valence-electron chi connectivity index (χ1n) is 8.05. The van der Waals surface area contributed by atoms with Gasteiger partial charge in [0.25, 0.3) is 5.91 Å². The molecule has 26 heavy (non-hydrogen) atoms. The quantitative estimate of drug-likeness (QED) is 0.768. The first-order chi connectivity index (χ1) is 12.7. The average Bonchev–Trinajstić information content (AvgIpc) is 2.69. The highest BCUT2D eigenvalue weighted by molar-refractivity contribution is 5.91. The number of aromatic nitrogens is 2. The molecule has 0 aliphatic rings. The zero-order valence-corrected chi connectivity index (χ0v) is 14.3. The van der Waals surface area contributed by atoms with Gasteiger partial charge in [-0.2, -0.15) is 5.26 Å². The normalized spacial score (nSPS) is 10.0. The van der Waals surface area contributed by atoms with E-state index in [0.717, 1.165) is 5.56 Å². The minimum atomic E-state index is -0.203. The van der Waals surface area contributed by atoms with Crippen molar-refractivity contribution >= 4 is 17.4 Å². The van der Waals surface area contributed by atoms with Gasteiger partial charge in [0.05, 0.1) is 23.6 Å². The van der Waals surface area contributed by atoms with Crippen LogP contribution >= 0.6 is 0 Å². The molecule has 0 bridgehead atoms. The predicted molar refractivity (Wildman–Crippen MR) is 98.7 cm³/mol. The van der Waals surface area contributed by atoms with E-state index in [4.69, 9.17) is 5.26 Å². The molecule has 128 valence electrons. The van der Waals surface area contributed by atoms with Crippen molar-refractivity contribution in [3.05, 3.63) is 83.8 Å². The van der Waals surface area contributed by atoms with E-state index < -0.39 is 0 Å². The van der Waals surface area contributed by atoms with E-state index >= 15 is 0 Å². The van der Waals surface area contributed by atoms with Gasteiger partial charge in [0, 0.05) is 13.6 Å². The van der Waals surface area contributed by atoms with E-state index in [1.165, 1.54) is 12.4 Å². The van der Waals surface area contributed by atoms with Gasteiger partial charge in [0.15, 0.2) is 0 Å². The number of hydrogen-bond acceptors (Lipinski definition) is 5. The molecule has 0 fully saturated rings. The van der Waals surface area contributed by atoms with Gasteiger partial charge in [0.2, 0.25) is 0 Å². The van der Waals surface area contributed by atoms with Crippen LogP contribution < -0.4 is 5.32 Å². The number of carbonyl (C=O) groups excluding carboxylic acids is 1. The number of nitrogens with zero attached hydrogens (tertiary/aromatic N) is 4. The number of hydrogen-bond donors (Lipinski definition) is 1. The van der Waals surface area contributed by atoms with Gasteiger partial charge in [-0.1, -0.05) is 42.5 Å². The molecule has 0 aliphatic heterocycles. The molecule has 1 N–H and O–H groups in total. The van der Waals surface area contributed by atoms with Gasteiger partial charge in [-0.3, -0.25) is 4.79 Å². The molecule has 3 rings (SSSR count). The fourth-order valence-electron chi connectivity index (χ4n) is 2.46. The highest BCUT2D eigenvalue weighted by atomic mass is 16.2. The monoisotopic (exact) mass is 343 g/mol. The Morgan fingerprint density at radius 1 is 1.08 bits per heavy atom. The number of amides is 1. The van der Waals surface area contributed by atoms with E-state index in [0.29, 0.717) is 23.6 Å². The molecule has 0 radical (unpaired) electrons. The molecule has 0 unspecified atom stereocenters. The maximum Gasteiger partial charge on any atom is 0.274 e. The van der Waals surface area contributed by atoms with Crippen molar-refractivity contribution in [1.82, 2.24) is 14.9 Å². The number of nitrogens with one attached hydrogen (secondary N) is 1. The maximum atomic E-state index is 12.5. The summed E-state index contributed by atoms with van der Waals surface area (Å²) in [4.78, 5) is 22.5. The Morgan fingerprint density at radius 2 is 1.81 bits per heavy atom. The highest BCUT2D eigenvalue weighted by Crippen LogP contribution is 2.18. The number of para-hydroxylation sites is 1. The van der Waals surface area contributed by atoms with Crippen LogP contribution in [0.5, 0.6) is 0 Å². The van der Waals surface area contributed by atoms with Crippen LogP contribution in [0.3, 0.4) is 0 Å². The predicted octanol–water partition coefficient (Wildman–Crippen LogP) is 3.36. The molecular weight excluding hydrogens is 326 g/mol. The lowest BCUT2D eigenvalue weighted by Gasteiger charge is -2.16. The third-order valence-corrected chi connectivity index (χ3v) is 3.79. The van der Waals surface area contributed by atoms with E-state index in [2.05, 4.69) is 21.4 Å². The van der Waals surface area contributed by atoms with Crippen molar-refractivity contribution in [2.75, 3.05) is 12.4 Å². The summed E-state index contributed by atoms with van der Waals surface area (Å²) in [6, 6.07) is 19.0. The molecular formula is C20H17N5O. The molecule has 3 aromatic rings. The van der Waals surface area contributed by atoms with Crippen molar-refractivity contribution < 1.29 is 4.79 Å². The zero-order valence-electron chi connectivity index (χ0n) is 14.3. The number of anilines is 2. The lowest BCUT2D eigenvalue weighted by Crippen LogP contribution is -2.27. The van der Waals surface area contributed by atoms with Crippen LogP contribution in [0.1, 0.15) is 21.6 Å². The van der Waals surface area contributed by atoms with Gasteiger partial charge in [-0.25, -0.2) is 9.97 Å². The van der Waals surface area contributed by atoms with Crippen LogP contribution in [-0.2, 0) is 6.54 Å². The van der Waals surface area contributed by atoms with Crippen molar-refractivity contribution in [1.29, 1.82) is 5.26 Å². The molecule has 0 atom stereocenters. The Morgan fingerprint density at radius 3 is 2.50 bits per heavy atom. The minimum Gasteiger partial charge on any atom is -0.338 e. The number of benzene rings is 2. The Bertz CT molecular complexity index is 932. The third kappa shape index (κ3) is 4.02. The van der Waals surface area contributed by atoms with Crippen LogP contribution in [0.15, 0.2) is 67.0 Å². The molecule has 0 spiro atoms. The Kier molecular flexibility index (Phi) is 5.20. The summed E-state index contributed by atoms with van der Waals surface area (Å²) in [6.45, 7) is 0.497. The van der Waals surface area contributed by atoms with Crippen LogP contribution in [0.4, 0.5) is 11.5 Å². The van der Waals surface area contributed by atoms with E-state index in [1.807, 2.05) is 36.4 Å². The fraction of sp³-hybridized carbons (Fsp3) is 0.100. The molecule has 6 nitrogen and oxygen atoms in total. The van der Waals surface area contributed by atoms with Gasteiger partial charge in [-0.15, -0.1) is 0 Å². The topological polar surface area (TPSA) is 81.9 Å². The highest BCUT2D eigenvalue weighted by Gasteiger charge is 2.14. The maximum absolute atomic E-state index is 12.5. The molecule has 6 heteroatoms. The second kappa shape index (κ2) is 7.90. The van der Waals surface area contributed by atoms with E-state index in [-0.39, 0.29) is 11.6 Å². The van der Waals surface area contributed by atoms with E-state index in [9.17, 15) is 4.79 Å². The summed E-state index contributed by atoms with van der Waals surface area (Å²) in [5, 5.41) is 12.2. The average molecular weight is 343 g/mol. The van der Waals surface area contributed by atoms with Crippen molar-refractivity contribution in [3.63, 3.8) is 0 Å². The second-order valence-corrected chi connectivity index (χ2v) is 5.72. The van der Waals surface area contributed by atoms with Gasteiger partial charge >= 0.3 is 0 Å². The van der Waals surface area contributed by atoms with Crippen molar-refractivity contribution in [3.8, 4) is 6.07 Å². The van der Waals surface area contributed by atoms with Crippen LogP contribution in [0, 0.1) is 11.3 Å². The van der Waals surface area contributed by atoms with Crippen molar-refractivity contribution in [2.45, 2.75) is 6.54 Å². The number of rotatable bonds is 5. The summed E-state index contributed by atoms with van der Waals surface area (Å²) in [5.74, 6) is 0.264. The summed E-state index contributed by atoms with van der Waals surface area (Å²) in [6.07, 6.45) is 2.92. The summed E-state index contributed by atoms with van der Waals surface area (Å²) >= 11 is 0. The first-order valence-corrected chi connectivity index (χ1v) is 8.05. The smallest absolute Gasteiger partial charge is 0.274 e. The Labute approximate surface area is 151 Å². The molecule has 0 saturated carbocycles. The standard InChI is InChI=1S/C20H17N5O/c1-25(14-15-7-3-2-4-8-15)20(26)18-12-23-19(13-22-18)24-17-10-6-5-9-16(17)11-21/h2-10,12-13H,14H2,1H3,(H,23,24). The largest absolute Gasteiger partial charge is 0.338 e. The molecule has 2 aromatic carbocycles. The van der Waals surface area contributed by atoms with Gasteiger partial charge in [-0.05, 0) is 17.7 Å². The molecule has 0 aliphatic carbocycles. The third-order valence-electron chi connectivity index (χ3n) is 3.79. The zero-order chi connectivity index (χ0) is 18.4. The van der Waals surface area contributed by atoms with Gasteiger partial charge < -0.3 is 10.2 Å². The Hall–Kier alpha value is -3.72. The molecule has 1 amide bonds. The lowest BCUT2D eigenvalue weighted by atomic mass is 10.2. The number of carbonyl (C=O) groups is 1. The summed E-state index contributed by atoms with van der Waals surface area (Å²) in [7, 11) is 1.73. The fourth-order valence-corrected chi connectivity index (χ4v) is 2.46. The first kappa shape index (κ1) is 17.1. The second-order valence-electron chi connectivity index (χ2n) is 5.72. The van der Waals surface area contributed by atoms with Crippen LogP contribution in [-0.4, -0.2) is 27.8 Å². The summed E-state index contributed by atoms with van der Waals surface area (Å²) in [5.41, 5.74) is 2.46. The summed E-state index contributed by atoms with van der Waals surface area (Å²) < 4.78 is 0. The molecule has 1 aromatic heterocycles. The number of nitriles is 1. The SMILES string of the molecule is CN(Cc1ccccc1)C(=O)c1cnc(Nc2ccccc2C#N)cn1. The molecule has 1 heterocycles. The molecule has 0 saturated heterocycles. The van der Waals surface area contributed by atoms with Crippen molar-refractivity contribution in [2.24, 2.45) is 0 Å². The van der Waals surface area contributed by atoms with E-state index in [1.54, 1.807) is 30.1 Å².